The molecule has 1 N–H and O–H groups in total. The zero-order chi connectivity index (χ0) is 19.1. The van der Waals surface area contributed by atoms with Gasteiger partial charge in [0.15, 0.2) is 0 Å². The fourth-order valence-electron chi connectivity index (χ4n) is 2.48. The van der Waals surface area contributed by atoms with Crippen LogP contribution in [0.15, 0.2) is 41.4 Å². The fraction of sp³-hybridized carbons (Fsp3) is 0.409. The van der Waals surface area contributed by atoms with E-state index in [2.05, 4.69) is 35.9 Å². The van der Waals surface area contributed by atoms with E-state index in [1.165, 1.54) is 5.56 Å². The number of aryl methyl sites for hydroxylation is 3. The molecule has 0 atom stereocenters. The van der Waals surface area contributed by atoms with Gasteiger partial charge in [-0.3, -0.25) is 0 Å². The molecule has 2 aromatic carbocycles. The first-order valence-electron chi connectivity index (χ1n) is 9.15. The average Bonchev–Trinajstić information content (AvgIpc) is 2.61. The quantitative estimate of drug-likeness (QED) is 0.535. The highest BCUT2D eigenvalue weighted by atomic mass is 16.5. The molecule has 0 spiro atoms. The Morgan fingerprint density at radius 3 is 2.62 bits per heavy atom. The van der Waals surface area contributed by atoms with Gasteiger partial charge in [-0.25, -0.2) is 4.99 Å². The van der Waals surface area contributed by atoms with E-state index in [0.29, 0.717) is 6.04 Å². The number of benzene rings is 2. The molecule has 0 unspecified atom stereocenters. The molecule has 0 aliphatic heterocycles. The molecule has 0 aliphatic rings. The highest BCUT2D eigenvalue weighted by Gasteiger charge is 2.07. The maximum Gasteiger partial charge on any atom is 0.130 e. The molecule has 0 amide bonds. The van der Waals surface area contributed by atoms with Crippen molar-refractivity contribution in [1.82, 2.24) is 4.90 Å². The SMILES string of the molecule is Cc1cc(Oc2cccc(CCCO)c2)c(C)cc1/N=C\N(C)C(C)C. The third-order valence-electron chi connectivity index (χ3n) is 4.44. The summed E-state index contributed by atoms with van der Waals surface area (Å²) < 4.78 is 6.10. The largest absolute Gasteiger partial charge is 0.457 e. The molecule has 0 radical (unpaired) electrons. The van der Waals surface area contributed by atoms with Crippen molar-refractivity contribution in [1.29, 1.82) is 0 Å². The topological polar surface area (TPSA) is 45.1 Å². The van der Waals surface area contributed by atoms with Crippen LogP contribution < -0.4 is 4.74 Å². The minimum atomic E-state index is 0.206. The molecular formula is C22H30N2O2. The summed E-state index contributed by atoms with van der Waals surface area (Å²) in [6, 6.07) is 12.6. The lowest BCUT2D eigenvalue weighted by atomic mass is 10.1. The first kappa shape index (κ1) is 20.0. The summed E-state index contributed by atoms with van der Waals surface area (Å²) in [5.74, 6) is 1.66. The Bertz CT molecular complexity index is 754. The molecule has 0 aliphatic carbocycles. The molecule has 2 rings (SSSR count). The number of nitrogens with zero attached hydrogens (tertiary/aromatic N) is 2. The Kier molecular flexibility index (Phi) is 7.22. The number of hydrogen-bond donors (Lipinski definition) is 1. The van der Waals surface area contributed by atoms with Crippen LogP contribution in [0.4, 0.5) is 5.69 Å². The van der Waals surface area contributed by atoms with Crippen molar-refractivity contribution < 1.29 is 9.84 Å². The highest BCUT2D eigenvalue weighted by Crippen LogP contribution is 2.31. The van der Waals surface area contributed by atoms with Crippen molar-refractivity contribution in [3.63, 3.8) is 0 Å². The van der Waals surface area contributed by atoms with E-state index in [-0.39, 0.29) is 6.61 Å². The van der Waals surface area contributed by atoms with Gasteiger partial charge in [0.05, 0.1) is 12.0 Å². The Labute approximate surface area is 157 Å². The minimum absolute atomic E-state index is 0.206. The summed E-state index contributed by atoms with van der Waals surface area (Å²) in [7, 11) is 2.03. The van der Waals surface area contributed by atoms with Crippen LogP contribution in [0.25, 0.3) is 0 Å². The summed E-state index contributed by atoms with van der Waals surface area (Å²) in [5, 5.41) is 8.99. The van der Waals surface area contributed by atoms with Crippen molar-refractivity contribution in [3.8, 4) is 11.5 Å². The van der Waals surface area contributed by atoms with Gasteiger partial charge in [0, 0.05) is 19.7 Å². The van der Waals surface area contributed by atoms with Gasteiger partial charge in [-0.05, 0) is 81.5 Å². The Hall–Kier alpha value is -2.33. The van der Waals surface area contributed by atoms with Crippen LogP contribution in [-0.2, 0) is 6.42 Å². The number of rotatable bonds is 8. The molecule has 0 aromatic heterocycles. The van der Waals surface area contributed by atoms with Crippen molar-refractivity contribution in [2.24, 2.45) is 4.99 Å². The minimum Gasteiger partial charge on any atom is -0.457 e. The van der Waals surface area contributed by atoms with E-state index in [1.807, 2.05) is 51.5 Å². The van der Waals surface area contributed by atoms with Gasteiger partial charge in [-0.2, -0.15) is 0 Å². The Morgan fingerprint density at radius 1 is 1.15 bits per heavy atom. The molecule has 0 saturated heterocycles. The molecule has 4 heteroatoms. The smallest absolute Gasteiger partial charge is 0.130 e. The molecule has 0 heterocycles. The van der Waals surface area contributed by atoms with Crippen molar-refractivity contribution in [3.05, 3.63) is 53.1 Å². The molecule has 140 valence electrons. The van der Waals surface area contributed by atoms with E-state index < -0.39 is 0 Å². The monoisotopic (exact) mass is 354 g/mol. The van der Waals surface area contributed by atoms with Crippen molar-refractivity contribution >= 4 is 12.0 Å². The highest BCUT2D eigenvalue weighted by molar-refractivity contribution is 5.65. The van der Waals surface area contributed by atoms with Crippen molar-refractivity contribution in [2.75, 3.05) is 13.7 Å². The third-order valence-corrected chi connectivity index (χ3v) is 4.44. The molecule has 4 nitrogen and oxygen atoms in total. The lowest BCUT2D eigenvalue weighted by Crippen LogP contribution is -2.24. The molecule has 2 aromatic rings. The van der Waals surface area contributed by atoms with Gasteiger partial charge in [0.1, 0.15) is 11.5 Å². The second-order valence-electron chi connectivity index (χ2n) is 6.98. The summed E-state index contributed by atoms with van der Waals surface area (Å²) in [5.41, 5.74) is 4.26. The summed E-state index contributed by atoms with van der Waals surface area (Å²) in [6.07, 6.45) is 3.49. The number of hydrogen-bond acceptors (Lipinski definition) is 3. The predicted molar refractivity (Wildman–Crippen MR) is 109 cm³/mol. The predicted octanol–water partition coefficient (Wildman–Crippen LogP) is 5.02. The summed E-state index contributed by atoms with van der Waals surface area (Å²) in [6.45, 7) is 8.56. The Morgan fingerprint density at radius 2 is 1.92 bits per heavy atom. The maximum absolute atomic E-state index is 8.99. The fourth-order valence-corrected chi connectivity index (χ4v) is 2.48. The standard InChI is InChI=1S/C22H30N2O2/c1-16(2)24(5)15-23-21-12-18(4)22(13-17(21)3)26-20-10-6-8-19(14-20)9-7-11-25/h6,8,10,12-16,25H,7,9,11H2,1-5H3/b23-15-. The van der Waals surface area contributed by atoms with E-state index in [9.17, 15) is 0 Å². The lowest BCUT2D eigenvalue weighted by Gasteiger charge is -2.17. The molecule has 0 bridgehead atoms. The average molecular weight is 354 g/mol. The first-order valence-corrected chi connectivity index (χ1v) is 9.15. The van der Waals surface area contributed by atoms with Crippen LogP contribution in [0, 0.1) is 13.8 Å². The zero-order valence-corrected chi connectivity index (χ0v) is 16.5. The maximum atomic E-state index is 8.99. The van der Waals surface area contributed by atoms with Gasteiger partial charge >= 0.3 is 0 Å². The van der Waals surface area contributed by atoms with Gasteiger partial charge in [0.2, 0.25) is 0 Å². The summed E-state index contributed by atoms with van der Waals surface area (Å²) in [4.78, 5) is 6.69. The zero-order valence-electron chi connectivity index (χ0n) is 16.5. The number of aliphatic hydroxyl groups excluding tert-OH is 1. The van der Waals surface area contributed by atoms with E-state index >= 15 is 0 Å². The molecule has 0 fully saturated rings. The van der Waals surface area contributed by atoms with E-state index in [0.717, 1.165) is 41.2 Å². The van der Waals surface area contributed by atoms with Crippen LogP contribution in [0.3, 0.4) is 0 Å². The van der Waals surface area contributed by atoms with Gasteiger partial charge in [-0.1, -0.05) is 12.1 Å². The molecule has 26 heavy (non-hydrogen) atoms. The molecule has 0 saturated carbocycles. The van der Waals surface area contributed by atoms with Crippen LogP contribution >= 0.6 is 0 Å². The number of aliphatic imine (C=N–C) groups is 1. The van der Waals surface area contributed by atoms with Crippen LogP contribution in [0.5, 0.6) is 11.5 Å². The number of aliphatic hydroxyl groups is 1. The van der Waals surface area contributed by atoms with Crippen LogP contribution in [-0.4, -0.2) is 36.0 Å². The summed E-state index contributed by atoms with van der Waals surface area (Å²) >= 11 is 0. The second kappa shape index (κ2) is 9.39. The van der Waals surface area contributed by atoms with Crippen molar-refractivity contribution in [2.45, 2.75) is 46.6 Å². The number of ether oxygens (including phenoxy) is 1. The normalized spacial score (nSPS) is 11.3. The van der Waals surface area contributed by atoms with Crippen LogP contribution in [0.2, 0.25) is 0 Å². The van der Waals surface area contributed by atoms with Gasteiger partial charge in [0.25, 0.3) is 0 Å². The second-order valence-corrected chi connectivity index (χ2v) is 6.98. The van der Waals surface area contributed by atoms with Crippen LogP contribution in [0.1, 0.15) is 37.0 Å². The lowest BCUT2D eigenvalue weighted by molar-refractivity contribution is 0.288. The third kappa shape index (κ3) is 5.60. The van der Waals surface area contributed by atoms with Gasteiger partial charge < -0.3 is 14.7 Å². The van der Waals surface area contributed by atoms with E-state index in [4.69, 9.17) is 9.84 Å². The molecular weight excluding hydrogens is 324 g/mol. The van der Waals surface area contributed by atoms with E-state index in [1.54, 1.807) is 0 Å². The first-order chi connectivity index (χ1) is 12.4. The van der Waals surface area contributed by atoms with Gasteiger partial charge in [-0.15, -0.1) is 0 Å². The Balaban J connectivity index is 2.17.